The monoisotopic (exact) mass is 619 g/mol. The number of rotatable bonds is 5. The van der Waals surface area contributed by atoms with Gasteiger partial charge in [-0.2, -0.15) is 9.97 Å². The van der Waals surface area contributed by atoms with Crippen LogP contribution in [0.4, 0.5) is 0 Å². The predicted octanol–water partition coefficient (Wildman–Crippen LogP) is 11.1. The van der Waals surface area contributed by atoms with Crippen molar-refractivity contribution in [2.45, 2.75) is 13.8 Å². The van der Waals surface area contributed by atoms with E-state index in [4.69, 9.17) is 15.0 Å². The second-order valence-corrected chi connectivity index (χ2v) is 11.4. The fourth-order valence-electron chi connectivity index (χ4n) is 6.65. The summed E-state index contributed by atoms with van der Waals surface area (Å²) in [4.78, 5) is 15.3. The number of hydrogen-bond acceptors (Lipinski definition) is 3. The first-order valence-electron chi connectivity index (χ1n) is 16.3. The lowest BCUT2D eigenvalue weighted by Gasteiger charge is -2.12. The third-order valence-electron chi connectivity index (χ3n) is 8.74. The second kappa shape index (κ2) is 12.1. The summed E-state index contributed by atoms with van der Waals surface area (Å²) < 4.78 is 4.57. The first kappa shape index (κ1) is 29.1. The highest BCUT2D eigenvalue weighted by molar-refractivity contribution is 6.26. The molecule has 0 radical (unpaired) electrons. The predicted molar refractivity (Wildman–Crippen MR) is 201 cm³/mol. The van der Waals surface area contributed by atoms with Crippen molar-refractivity contribution in [2.75, 3.05) is 0 Å². The van der Waals surface area contributed by atoms with Gasteiger partial charge in [-0.3, -0.25) is 4.57 Å². The van der Waals surface area contributed by atoms with Crippen molar-refractivity contribution in [3.05, 3.63) is 158 Å². The van der Waals surface area contributed by atoms with Gasteiger partial charge in [0.25, 0.3) is 0 Å². The van der Waals surface area contributed by atoms with E-state index in [0.29, 0.717) is 17.6 Å². The SMILES string of the molecule is C=Cc1ccc(-n2c3ccccc3c3c2ccc2c4ccccc4n(-c4nc(-c5ccccc5)nc(-c5ccccc5)n4)c23)cc1.CC. The van der Waals surface area contributed by atoms with Gasteiger partial charge in [-0.15, -0.1) is 0 Å². The maximum atomic E-state index is 5.17. The van der Waals surface area contributed by atoms with Gasteiger partial charge in [-0.05, 0) is 35.9 Å². The maximum Gasteiger partial charge on any atom is 0.238 e. The lowest BCUT2D eigenvalue weighted by atomic mass is 10.1. The van der Waals surface area contributed by atoms with Crippen LogP contribution in [0.5, 0.6) is 0 Å². The van der Waals surface area contributed by atoms with Crippen molar-refractivity contribution in [1.29, 1.82) is 0 Å². The fraction of sp³-hybridized carbons (Fsp3) is 0.0465. The minimum Gasteiger partial charge on any atom is -0.309 e. The van der Waals surface area contributed by atoms with Crippen LogP contribution in [-0.2, 0) is 0 Å². The molecule has 0 bridgehead atoms. The van der Waals surface area contributed by atoms with E-state index in [1.807, 2.05) is 80.6 Å². The van der Waals surface area contributed by atoms with E-state index in [-0.39, 0.29) is 0 Å². The summed E-state index contributed by atoms with van der Waals surface area (Å²) >= 11 is 0. The first-order valence-corrected chi connectivity index (χ1v) is 16.3. The van der Waals surface area contributed by atoms with Gasteiger partial charge in [-0.25, -0.2) is 4.98 Å². The second-order valence-electron chi connectivity index (χ2n) is 11.4. The molecule has 0 unspecified atom stereocenters. The van der Waals surface area contributed by atoms with Crippen molar-refractivity contribution in [3.63, 3.8) is 0 Å². The topological polar surface area (TPSA) is 48.5 Å². The van der Waals surface area contributed by atoms with Gasteiger partial charge in [0.05, 0.1) is 22.1 Å². The Kier molecular flexibility index (Phi) is 7.35. The Morgan fingerprint density at radius 3 is 1.62 bits per heavy atom. The van der Waals surface area contributed by atoms with Gasteiger partial charge in [0, 0.05) is 38.4 Å². The average Bonchev–Trinajstić information content (AvgIpc) is 3.69. The van der Waals surface area contributed by atoms with Gasteiger partial charge < -0.3 is 4.57 Å². The van der Waals surface area contributed by atoms with E-state index < -0.39 is 0 Å². The molecule has 5 heteroatoms. The van der Waals surface area contributed by atoms with Crippen molar-refractivity contribution in [2.24, 2.45) is 0 Å². The summed E-state index contributed by atoms with van der Waals surface area (Å²) in [7, 11) is 0. The molecule has 0 aliphatic heterocycles. The zero-order valence-corrected chi connectivity index (χ0v) is 26.9. The molecule has 5 nitrogen and oxygen atoms in total. The molecule has 0 saturated carbocycles. The van der Waals surface area contributed by atoms with E-state index in [1.165, 1.54) is 5.39 Å². The molecule has 0 atom stereocenters. The van der Waals surface area contributed by atoms with Crippen LogP contribution >= 0.6 is 0 Å². The summed E-state index contributed by atoms with van der Waals surface area (Å²) in [5.74, 6) is 1.85. The van der Waals surface area contributed by atoms with Crippen LogP contribution in [0.2, 0.25) is 0 Å². The Morgan fingerprint density at radius 1 is 0.479 bits per heavy atom. The zero-order chi connectivity index (χ0) is 32.6. The van der Waals surface area contributed by atoms with Crippen LogP contribution in [0.15, 0.2) is 152 Å². The molecule has 0 N–H and O–H groups in total. The molecule has 0 aliphatic carbocycles. The van der Waals surface area contributed by atoms with Crippen molar-refractivity contribution in [1.82, 2.24) is 24.1 Å². The quantitative estimate of drug-likeness (QED) is 0.193. The Balaban J connectivity index is 0.00000165. The number of aromatic nitrogens is 5. The summed E-state index contributed by atoms with van der Waals surface area (Å²) in [6.45, 7) is 7.94. The zero-order valence-electron chi connectivity index (χ0n) is 26.9. The fourth-order valence-corrected chi connectivity index (χ4v) is 6.65. The van der Waals surface area contributed by atoms with Crippen molar-refractivity contribution in [3.8, 4) is 34.4 Å². The number of para-hydroxylation sites is 2. The van der Waals surface area contributed by atoms with Gasteiger partial charge in [-0.1, -0.05) is 142 Å². The summed E-state index contributed by atoms with van der Waals surface area (Å²) in [5.41, 5.74) is 8.43. The molecule has 0 saturated heterocycles. The highest BCUT2D eigenvalue weighted by atomic mass is 15.2. The number of benzene rings is 6. The van der Waals surface area contributed by atoms with E-state index >= 15 is 0 Å². The number of nitrogens with zero attached hydrogens (tertiary/aromatic N) is 5. The van der Waals surface area contributed by atoms with Gasteiger partial charge >= 0.3 is 0 Å². The molecule has 3 heterocycles. The summed E-state index contributed by atoms with van der Waals surface area (Å²) in [5, 5.41) is 4.62. The van der Waals surface area contributed by atoms with E-state index in [1.54, 1.807) is 0 Å². The largest absolute Gasteiger partial charge is 0.309 e. The smallest absolute Gasteiger partial charge is 0.238 e. The van der Waals surface area contributed by atoms with E-state index in [2.05, 4.69) is 101 Å². The van der Waals surface area contributed by atoms with Crippen LogP contribution in [0, 0.1) is 0 Å². The number of fused-ring (bicyclic) bond motifs is 7. The highest BCUT2D eigenvalue weighted by Gasteiger charge is 2.23. The molecule has 230 valence electrons. The lowest BCUT2D eigenvalue weighted by molar-refractivity contribution is 0.955. The Hall–Kier alpha value is -6.33. The molecular weight excluding hydrogens is 587 g/mol. The molecule has 0 amide bonds. The molecule has 0 spiro atoms. The van der Waals surface area contributed by atoms with Crippen LogP contribution in [0.25, 0.3) is 84.1 Å². The van der Waals surface area contributed by atoms with E-state index in [9.17, 15) is 0 Å². The van der Waals surface area contributed by atoms with Crippen molar-refractivity contribution >= 4 is 49.7 Å². The molecular formula is C43H33N5. The standard InChI is InChI=1S/C41H27N5.C2H6/c1-2-27-21-23-30(24-22-27)45-35-20-12-10-18-33(35)37-36(45)26-25-32-31-17-9-11-19-34(31)46(38(32)37)41-43-39(28-13-5-3-6-14-28)42-40(44-41)29-15-7-4-8-16-29;1-2/h2-26H,1H2;1-2H3. The molecule has 3 aromatic heterocycles. The normalized spacial score (nSPS) is 11.2. The van der Waals surface area contributed by atoms with Crippen LogP contribution in [0.1, 0.15) is 19.4 Å². The van der Waals surface area contributed by atoms with E-state index in [0.717, 1.165) is 60.6 Å². The van der Waals surface area contributed by atoms with Gasteiger partial charge in [0.2, 0.25) is 5.95 Å². The molecule has 6 aromatic carbocycles. The first-order chi connectivity index (χ1) is 23.8. The Morgan fingerprint density at radius 2 is 1.02 bits per heavy atom. The third kappa shape index (κ3) is 4.67. The highest BCUT2D eigenvalue weighted by Crippen LogP contribution is 2.41. The molecule has 0 fully saturated rings. The average molecular weight is 620 g/mol. The van der Waals surface area contributed by atoms with Crippen LogP contribution in [-0.4, -0.2) is 24.1 Å². The third-order valence-corrected chi connectivity index (χ3v) is 8.74. The minimum atomic E-state index is 0.582. The Bertz CT molecular complexity index is 2520. The lowest BCUT2D eigenvalue weighted by Crippen LogP contribution is -2.06. The number of hydrogen-bond donors (Lipinski definition) is 0. The van der Waals surface area contributed by atoms with Gasteiger partial charge in [0.1, 0.15) is 0 Å². The molecule has 9 rings (SSSR count). The summed E-state index contributed by atoms with van der Waals surface area (Å²) in [6.07, 6.45) is 1.87. The Labute approximate surface area is 279 Å². The summed E-state index contributed by atoms with van der Waals surface area (Å²) in [6, 6.07) is 50.4. The maximum absolute atomic E-state index is 5.17. The van der Waals surface area contributed by atoms with Gasteiger partial charge in [0.15, 0.2) is 11.6 Å². The molecule has 9 aromatic rings. The van der Waals surface area contributed by atoms with Crippen molar-refractivity contribution < 1.29 is 0 Å². The van der Waals surface area contributed by atoms with Crippen LogP contribution in [0.3, 0.4) is 0 Å². The van der Waals surface area contributed by atoms with Crippen LogP contribution < -0.4 is 0 Å². The molecule has 48 heavy (non-hydrogen) atoms. The minimum absolute atomic E-state index is 0.582. The molecule has 0 aliphatic rings.